The largest absolute Gasteiger partial charge is 0.381 e. The fourth-order valence-corrected chi connectivity index (χ4v) is 5.94. The third kappa shape index (κ3) is 3.85. The maximum atomic E-state index is 13.5. The first kappa shape index (κ1) is 22.4. The van der Waals surface area contributed by atoms with E-state index >= 15 is 0 Å². The van der Waals surface area contributed by atoms with Gasteiger partial charge in [-0.25, -0.2) is 4.98 Å². The van der Waals surface area contributed by atoms with Gasteiger partial charge in [0.2, 0.25) is 0 Å². The monoisotopic (exact) mass is 473 g/mol. The number of aromatic nitrogens is 2. The number of fused-ring (bicyclic) bond motifs is 2. The average molecular weight is 474 g/mol. The molecule has 1 atom stereocenters. The Bertz CT molecular complexity index is 1290. The molecule has 182 valence electrons. The van der Waals surface area contributed by atoms with Gasteiger partial charge in [0.25, 0.3) is 5.91 Å². The van der Waals surface area contributed by atoms with Crippen LogP contribution in [-0.4, -0.2) is 52.6 Å². The zero-order valence-electron chi connectivity index (χ0n) is 20.1. The van der Waals surface area contributed by atoms with Crippen molar-refractivity contribution in [3.8, 4) is 11.1 Å². The molecule has 8 heteroatoms. The molecule has 2 aromatic heterocycles. The van der Waals surface area contributed by atoms with Crippen LogP contribution in [0.2, 0.25) is 0 Å². The summed E-state index contributed by atoms with van der Waals surface area (Å²) in [6, 6.07) is 7.03. The van der Waals surface area contributed by atoms with Gasteiger partial charge >= 0.3 is 0 Å². The number of rotatable bonds is 4. The summed E-state index contributed by atoms with van der Waals surface area (Å²) >= 11 is 0. The first-order valence-electron chi connectivity index (χ1n) is 12.6. The van der Waals surface area contributed by atoms with Gasteiger partial charge in [-0.1, -0.05) is 11.2 Å². The number of hydrogen-bond acceptors (Lipinski definition) is 6. The molecule has 3 aliphatic heterocycles. The van der Waals surface area contributed by atoms with Crippen LogP contribution in [0.15, 0.2) is 35.8 Å². The molecule has 0 radical (unpaired) electrons. The van der Waals surface area contributed by atoms with Crippen LogP contribution < -0.4 is 5.32 Å². The summed E-state index contributed by atoms with van der Waals surface area (Å²) < 4.78 is 5.41. The van der Waals surface area contributed by atoms with Crippen molar-refractivity contribution in [2.24, 2.45) is 5.18 Å². The number of nitroso groups, excluding NO2 is 1. The number of carbonyl (C=O) groups excluding carboxylic acids is 1. The summed E-state index contributed by atoms with van der Waals surface area (Å²) in [6.07, 6.45) is 7.64. The Balaban J connectivity index is 1.38. The minimum absolute atomic E-state index is 0.145. The Hall–Kier alpha value is -3.10. The van der Waals surface area contributed by atoms with Crippen LogP contribution in [0.25, 0.3) is 22.2 Å². The highest BCUT2D eigenvalue weighted by atomic mass is 16.5. The lowest BCUT2D eigenvalue weighted by Gasteiger charge is -2.38. The molecule has 0 aliphatic carbocycles. The fourth-order valence-electron chi connectivity index (χ4n) is 5.94. The number of ether oxygens (including phenoxy) is 1. The number of amides is 1. The van der Waals surface area contributed by atoms with Crippen LogP contribution in [0.5, 0.6) is 0 Å². The van der Waals surface area contributed by atoms with Crippen molar-refractivity contribution in [3.05, 3.63) is 57.8 Å². The van der Waals surface area contributed by atoms with Crippen LogP contribution in [-0.2, 0) is 22.5 Å². The number of carbonyl (C=O) groups is 1. The SMILES string of the molecule is Cc1c[nH]c2ncc(-c3cc4c(c(C5CCCN5)c3)CN(C(=O)C3(N=O)CCOCC3)CC4)cc12. The number of hydrogen-bond donors (Lipinski definition) is 2. The second kappa shape index (κ2) is 8.84. The minimum atomic E-state index is -1.18. The lowest BCUT2D eigenvalue weighted by Crippen LogP contribution is -2.52. The molecule has 1 amide bonds. The first-order chi connectivity index (χ1) is 17.1. The van der Waals surface area contributed by atoms with Crippen molar-refractivity contribution in [1.82, 2.24) is 20.2 Å². The topological polar surface area (TPSA) is 99.7 Å². The third-order valence-corrected chi connectivity index (χ3v) is 8.06. The van der Waals surface area contributed by atoms with Gasteiger partial charge in [0, 0.05) is 68.5 Å². The quantitative estimate of drug-likeness (QED) is 0.554. The molecular formula is C27H31N5O3. The highest BCUT2D eigenvalue weighted by Gasteiger charge is 2.45. The van der Waals surface area contributed by atoms with Crippen molar-refractivity contribution in [2.45, 2.75) is 57.2 Å². The molecule has 35 heavy (non-hydrogen) atoms. The molecule has 1 unspecified atom stereocenters. The summed E-state index contributed by atoms with van der Waals surface area (Å²) in [5.41, 5.74) is 6.93. The van der Waals surface area contributed by atoms with Crippen LogP contribution in [0, 0.1) is 11.8 Å². The molecule has 3 aliphatic rings. The zero-order valence-corrected chi connectivity index (χ0v) is 20.1. The summed E-state index contributed by atoms with van der Waals surface area (Å²) in [7, 11) is 0. The Morgan fingerprint density at radius 2 is 2.09 bits per heavy atom. The Kier molecular flexibility index (Phi) is 5.65. The summed E-state index contributed by atoms with van der Waals surface area (Å²) in [4.78, 5) is 35.1. The van der Waals surface area contributed by atoms with Gasteiger partial charge in [-0.15, -0.1) is 4.91 Å². The molecule has 6 rings (SSSR count). The molecule has 5 heterocycles. The van der Waals surface area contributed by atoms with E-state index in [0.29, 0.717) is 39.1 Å². The number of aromatic amines is 1. The van der Waals surface area contributed by atoms with Gasteiger partial charge in [-0.05, 0) is 72.7 Å². The number of H-pyrrole nitrogens is 1. The Labute approximate surface area is 204 Å². The first-order valence-corrected chi connectivity index (χ1v) is 12.6. The summed E-state index contributed by atoms with van der Waals surface area (Å²) in [5.74, 6) is -0.145. The van der Waals surface area contributed by atoms with Crippen molar-refractivity contribution in [3.63, 3.8) is 0 Å². The molecule has 2 fully saturated rings. The molecule has 2 N–H and O–H groups in total. The van der Waals surface area contributed by atoms with E-state index in [0.717, 1.165) is 48.0 Å². The molecule has 3 aromatic rings. The van der Waals surface area contributed by atoms with Crippen molar-refractivity contribution in [2.75, 3.05) is 26.3 Å². The van der Waals surface area contributed by atoms with Crippen molar-refractivity contribution >= 4 is 16.9 Å². The van der Waals surface area contributed by atoms with Crippen LogP contribution in [0.3, 0.4) is 0 Å². The standard InChI is InChI=1S/C27H31N5O3/c1-17-14-29-25-21(17)13-20(15-30-25)19-11-18-4-8-32(26(33)27(31-34)5-9-35-10-6-27)16-23(18)22(12-19)24-3-2-7-28-24/h11-15,24,28H,2-10,16H2,1H3,(H,29,30). The molecule has 2 saturated heterocycles. The molecule has 0 spiro atoms. The lowest BCUT2D eigenvalue weighted by atomic mass is 9.85. The molecule has 8 nitrogen and oxygen atoms in total. The van der Waals surface area contributed by atoms with E-state index in [1.54, 1.807) is 0 Å². The van der Waals surface area contributed by atoms with Crippen LogP contribution in [0.4, 0.5) is 0 Å². The van der Waals surface area contributed by atoms with Gasteiger partial charge in [0.15, 0.2) is 5.54 Å². The van der Waals surface area contributed by atoms with E-state index in [4.69, 9.17) is 4.74 Å². The van der Waals surface area contributed by atoms with Crippen molar-refractivity contribution in [1.29, 1.82) is 0 Å². The van der Waals surface area contributed by atoms with E-state index in [1.165, 1.54) is 22.3 Å². The van der Waals surface area contributed by atoms with Crippen LogP contribution >= 0.6 is 0 Å². The van der Waals surface area contributed by atoms with E-state index in [2.05, 4.69) is 45.6 Å². The van der Waals surface area contributed by atoms with Crippen LogP contribution in [0.1, 0.15) is 54.0 Å². The predicted molar refractivity (Wildman–Crippen MR) is 134 cm³/mol. The molecule has 0 bridgehead atoms. The van der Waals surface area contributed by atoms with Gasteiger partial charge < -0.3 is 19.9 Å². The van der Waals surface area contributed by atoms with Gasteiger partial charge in [-0.3, -0.25) is 4.79 Å². The summed E-state index contributed by atoms with van der Waals surface area (Å²) in [5, 5.41) is 8.14. The van der Waals surface area contributed by atoms with E-state index in [1.807, 2.05) is 17.3 Å². The highest BCUT2D eigenvalue weighted by Crippen LogP contribution is 2.37. The van der Waals surface area contributed by atoms with E-state index in [-0.39, 0.29) is 11.9 Å². The fraction of sp³-hybridized carbons (Fsp3) is 0.481. The maximum Gasteiger partial charge on any atom is 0.254 e. The van der Waals surface area contributed by atoms with Crippen molar-refractivity contribution < 1.29 is 9.53 Å². The Morgan fingerprint density at radius 1 is 1.23 bits per heavy atom. The molecular weight excluding hydrogens is 442 g/mol. The Morgan fingerprint density at radius 3 is 2.86 bits per heavy atom. The normalized spacial score (nSPS) is 21.7. The highest BCUT2D eigenvalue weighted by molar-refractivity contribution is 5.87. The minimum Gasteiger partial charge on any atom is -0.381 e. The average Bonchev–Trinajstić information content (AvgIpc) is 3.58. The van der Waals surface area contributed by atoms with E-state index in [9.17, 15) is 9.70 Å². The smallest absolute Gasteiger partial charge is 0.254 e. The number of nitrogens with zero attached hydrogens (tertiary/aromatic N) is 3. The third-order valence-electron chi connectivity index (χ3n) is 8.06. The second-order valence-electron chi connectivity index (χ2n) is 10.2. The van der Waals surface area contributed by atoms with E-state index < -0.39 is 5.54 Å². The number of benzene rings is 1. The molecule has 0 saturated carbocycles. The predicted octanol–water partition coefficient (Wildman–Crippen LogP) is 4.16. The van der Waals surface area contributed by atoms with Gasteiger partial charge in [-0.2, -0.15) is 0 Å². The zero-order chi connectivity index (χ0) is 24.0. The maximum absolute atomic E-state index is 13.5. The lowest BCUT2D eigenvalue weighted by molar-refractivity contribution is -0.141. The molecule has 1 aromatic carbocycles. The number of nitrogens with one attached hydrogen (secondary N) is 2. The summed E-state index contributed by atoms with van der Waals surface area (Å²) in [6.45, 7) is 5.02. The van der Waals surface area contributed by atoms with Gasteiger partial charge in [0.05, 0.1) is 0 Å². The number of aryl methyl sites for hydroxylation is 1. The number of pyridine rings is 1. The van der Waals surface area contributed by atoms with Gasteiger partial charge in [0.1, 0.15) is 5.65 Å². The second-order valence-corrected chi connectivity index (χ2v) is 10.2.